The van der Waals surface area contributed by atoms with Gasteiger partial charge in [-0.05, 0) is 0 Å². The Morgan fingerprint density at radius 3 is 3.11 bits per heavy atom. The Bertz CT molecular complexity index is 283. The van der Waals surface area contributed by atoms with Gasteiger partial charge in [-0.1, -0.05) is 0 Å². The highest BCUT2D eigenvalue weighted by molar-refractivity contribution is 6.01. The van der Waals surface area contributed by atoms with Crippen molar-refractivity contribution >= 4 is 11.5 Å². The topological polar surface area (TPSA) is 77.2 Å². The molecule has 0 bridgehead atoms. The molecule has 5 heteroatoms. The molecular formula is C4H3N5. The van der Waals surface area contributed by atoms with Crippen LogP contribution in [0.1, 0.15) is 5.69 Å². The highest BCUT2D eigenvalue weighted by Crippen LogP contribution is 2.22. The fraction of sp³-hybridized carbons (Fsp3) is 0. The van der Waals surface area contributed by atoms with Crippen LogP contribution in [0.25, 0.3) is 0 Å². The van der Waals surface area contributed by atoms with Gasteiger partial charge in [-0.15, -0.1) is 10.2 Å². The minimum absolute atomic E-state index is 0.155. The molecule has 1 aromatic heterocycles. The van der Waals surface area contributed by atoms with E-state index in [1.54, 1.807) is 6.20 Å². The van der Waals surface area contributed by atoms with E-state index >= 15 is 0 Å². The Balaban J connectivity index is 2.73. The first-order valence-corrected chi connectivity index (χ1v) is 2.42. The molecule has 5 nitrogen and oxygen atoms in total. The zero-order chi connectivity index (χ0) is 6.27. The number of hydrogen-bond donors (Lipinski definition) is 2. The van der Waals surface area contributed by atoms with Gasteiger partial charge in [0.15, 0.2) is 5.84 Å². The zero-order valence-corrected chi connectivity index (χ0v) is 4.42. The van der Waals surface area contributed by atoms with Gasteiger partial charge in [0.1, 0.15) is 11.4 Å². The number of H-pyrrole nitrogens is 1. The summed E-state index contributed by atoms with van der Waals surface area (Å²) in [5.41, 5.74) is 1.26. The molecule has 2 rings (SSSR count). The maximum absolute atomic E-state index is 7.12. The summed E-state index contributed by atoms with van der Waals surface area (Å²) in [4.78, 5) is 0. The summed E-state index contributed by atoms with van der Waals surface area (Å²) < 4.78 is 0. The minimum atomic E-state index is 0.155. The highest BCUT2D eigenvalue weighted by atomic mass is 15.2. The molecule has 0 unspecified atom stereocenters. The SMILES string of the molecule is N=C1N=Nc2cn[nH]c21. The van der Waals surface area contributed by atoms with E-state index in [-0.39, 0.29) is 5.84 Å². The average molecular weight is 121 g/mol. The van der Waals surface area contributed by atoms with Crippen molar-refractivity contribution in [2.24, 2.45) is 10.2 Å². The largest absolute Gasteiger partial charge is 0.279 e. The summed E-state index contributed by atoms with van der Waals surface area (Å²) in [6, 6.07) is 0. The third-order valence-electron chi connectivity index (χ3n) is 1.11. The molecule has 0 aromatic carbocycles. The summed E-state index contributed by atoms with van der Waals surface area (Å²) in [5.74, 6) is 0.155. The number of azo groups is 1. The van der Waals surface area contributed by atoms with Crippen molar-refractivity contribution in [2.45, 2.75) is 0 Å². The summed E-state index contributed by atoms with van der Waals surface area (Å²) >= 11 is 0. The molecule has 0 radical (unpaired) electrons. The number of fused-ring (bicyclic) bond motifs is 1. The summed E-state index contributed by atoms with van der Waals surface area (Å²) in [5, 5.41) is 20.5. The molecule has 1 aromatic rings. The normalized spacial score (nSPS) is 14.4. The monoisotopic (exact) mass is 121 g/mol. The van der Waals surface area contributed by atoms with Crippen molar-refractivity contribution in [1.82, 2.24) is 10.2 Å². The standard InChI is InChI=1S/C4H3N5/c5-4-3-2(7-9-4)1-6-8-3/h1,5H,(H,6,8). The second kappa shape index (κ2) is 1.25. The second-order valence-corrected chi connectivity index (χ2v) is 1.68. The molecule has 0 aliphatic carbocycles. The molecule has 2 N–H and O–H groups in total. The first kappa shape index (κ1) is 4.37. The van der Waals surface area contributed by atoms with Crippen molar-refractivity contribution < 1.29 is 0 Å². The number of nitrogens with one attached hydrogen (secondary N) is 2. The molecule has 0 saturated carbocycles. The van der Waals surface area contributed by atoms with Gasteiger partial charge in [0.05, 0.1) is 6.20 Å². The van der Waals surface area contributed by atoms with Gasteiger partial charge in [-0.2, -0.15) is 5.10 Å². The zero-order valence-electron chi connectivity index (χ0n) is 4.42. The van der Waals surface area contributed by atoms with Crippen LogP contribution in [-0.4, -0.2) is 16.0 Å². The lowest BCUT2D eigenvalue weighted by Crippen LogP contribution is -1.89. The van der Waals surface area contributed by atoms with E-state index in [9.17, 15) is 0 Å². The van der Waals surface area contributed by atoms with Gasteiger partial charge in [-0.3, -0.25) is 10.5 Å². The molecule has 1 aliphatic heterocycles. The van der Waals surface area contributed by atoms with Gasteiger partial charge < -0.3 is 0 Å². The van der Waals surface area contributed by atoms with Gasteiger partial charge in [0.25, 0.3) is 0 Å². The molecule has 0 saturated heterocycles. The van der Waals surface area contributed by atoms with Gasteiger partial charge >= 0.3 is 0 Å². The Morgan fingerprint density at radius 1 is 1.44 bits per heavy atom. The van der Waals surface area contributed by atoms with E-state index in [0.29, 0.717) is 11.4 Å². The Morgan fingerprint density at radius 2 is 2.33 bits per heavy atom. The fourth-order valence-corrected chi connectivity index (χ4v) is 0.684. The lowest BCUT2D eigenvalue weighted by molar-refractivity contribution is 1.07. The van der Waals surface area contributed by atoms with E-state index in [4.69, 9.17) is 5.41 Å². The van der Waals surface area contributed by atoms with Crippen LogP contribution in [0.4, 0.5) is 5.69 Å². The third kappa shape index (κ3) is 0.426. The van der Waals surface area contributed by atoms with Crippen LogP contribution in [-0.2, 0) is 0 Å². The summed E-state index contributed by atoms with van der Waals surface area (Å²) in [6.45, 7) is 0. The predicted molar refractivity (Wildman–Crippen MR) is 29.9 cm³/mol. The van der Waals surface area contributed by atoms with Crippen molar-refractivity contribution in [3.8, 4) is 0 Å². The van der Waals surface area contributed by atoms with Crippen molar-refractivity contribution in [3.05, 3.63) is 11.9 Å². The first-order valence-electron chi connectivity index (χ1n) is 2.42. The van der Waals surface area contributed by atoms with Crippen LogP contribution in [0.2, 0.25) is 0 Å². The van der Waals surface area contributed by atoms with E-state index in [1.807, 2.05) is 0 Å². The van der Waals surface area contributed by atoms with Crippen LogP contribution in [0.5, 0.6) is 0 Å². The molecule has 0 amide bonds. The summed E-state index contributed by atoms with van der Waals surface area (Å²) in [7, 11) is 0. The molecular weight excluding hydrogens is 118 g/mol. The van der Waals surface area contributed by atoms with Gasteiger partial charge in [-0.25, -0.2) is 0 Å². The number of amidine groups is 1. The first-order chi connectivity index (χ1) is 4.38. The molecule has 44 valence electrons. The number of aromatic nitrogens is 2. The van der Waals surface area contributed by atoms with Crippen molar-refractivity contribution in [1.29, 1.82) is 5.41 Å². The molecule has 9 heavy (non-hydrogen) atoms. The van der Waals surface area contributed by atoms with E-state index in [1.165, 1.54) is 0 Å². The minimum Gasteiger partial charge on any atom is -0.279 e. The van der Waals surface area contributed by atoms with Crippen molar-refractivity contribution in [2.75, 3.05) is 0 Å². The lowest BCUT2D eigenvalue weighted by Gasteiger charge is -1.78. The Hall–Kier alpha value is -1.52. The number of rotatable bonds is 0. The molecule has 2 heterocycles. The average Bonchev–Trinajstić information content (AvgIpc) is 2.35. The maximum atomic E-state index is 7.12. The lowest BCUT2D eigenvalue weighted by atomic mass is 10.4. The van der Waals surface area contributed by atoms with Crippen LogP contribution in [0.15, 0.2) is 16.4 Å². The van der Waals surface area contributed by atoms with Gasteiger partial charge in [0, 0.05) is 0 Å². The Kier molecular flexibility index (Phi) is 0.606. The third-order valence-corrected chi connectivity index (χ3v) is 1.11. The van der Waals surface area contributed by atoms with Crippen LogP contribution in [0, 0.1) is 5.41 Å². The number of nitrogens with zero attached hydrogens (tertiary/aromatic N) is 3. The number of aromatic amines is 1. The fourth-order valence-electron chi connectivity index (χ4n) is 0.684. The molecule has 1 aliphatic rings. The van der Waals surface area contributed by atoms with E-state index in [0.717, 1.165) is 0 Å². The highest BCUT2D eigenvalue weighted by Gasteiger charge is 2.14. The van der Waals surface area contributed by atoms with Crippen LogP contribution < -0.4 is 0 Å². The second-order valence-electron chi connectivity index (χ2n) is 1.68. The number of hydrogen-bond acceptors (Lipinski definition) is 3. The molecule has 0 fully saturated rings. The van der Waals surface area contributed by atoms with Crippen LogP contribution >= 0.6 is 0 Å². The smallest absolute Gasteiger partial charge is 0.194 e. The van der Waals surface area contributed by atoms with E-state index in [2.05, 4.69) is 20.4 Å². The molecule has 0 spiro atoms. The van der Waals surface area contributed by atoms with Crippen LogP contribution in [0.3, 0.4) is 0 Å². The Labute approximate surface area is 50.3 Å². The predicted octanol–water partition coefficient (Wildman–Crippen LogP) is 0.832. The van der Waals surface area contributed by atoms with Gasteiger partial charge in [0.2, 0.25) is 0 Å². The molecule has 0 atom stereocenters. The maximum Gasteiger partial charge on any atom is 0.194 e. The quantitative estimate of drug-likeness (QED) is 0.524. The summed E-state index contributed by atoms with van der Waals surface area (Å²) in [6.07, 6.45) is 1.54. The van der Waals surface area contributed by atoms with Crippen molar-refractivity contribution in [3.63, 3.8) is 0 Å². The van der Waals surface area contributed by atoms with E-state index < -0.39 is 0 Å².